The Hall–Kier alpha value is -2.71. The highest BCUT2D eigenvalue weighted by molar-refractivity contribution is 7.49. The minimum Gasteiger partial charge on any atom is -0.386 e. The summed E-state index contributed by atoms with van der Waals surface area (Å²) in [6, 6.07) is 23.9. The van der Waals surface area contributed by atoms with Gasteiger partial charge in [0.15, 0.2) is 0 Å². The molecule has 3 aromatic carbocycles. The molecule has 5 heteroatoms. The van der Waals surface area contributed by atoms with Crippen molar-refractivity contribution in [3.63, 3.8) is 0 Å². The summed E-state index contributed by atoms with van der Waals surface area (Å²) in [6.45, 7) is 6.84. The van der Waals surface area contributed by atoms with Gasteiger partial charge in [-0.2, -0.15) is 4.57 Å². The highest BCUT2D eigenvalue weighted by atomic mass is 31.2. The van der Waals surface area contributed by atoms with Crippen LogP contribution in [0.5, 0.6) is 17.2 Å². The summed E-state index contributed by atoms with van der Waals surface area (Å²) < 4.78 is 32.8. The van der Waals surface area contributed by atoms with Gasteiger partial charge in [0.2, 0.25) is 0 Å². The molecule has 0 heterocycles. The molecule has 0 spiro atoms. The summed E-state index contributed by atoms with van der Waals surface area (Å²) in [7, 11) is -4.07. The van der Waals surface area contributed by atoms with E-state index in [1.165, 1.54) is 209 Å². The molecule has 332 valence electrons. The molecule has 0 N–H and O–H groups in total. The molecular formula is C54H87O4P. The van der Waals surface area contributed by atoms with Gasteiger partial charge in [-0.25, -0.2) is 0 Å². The van der Waals surface area contributed by atoms with Crippen LogP contribution < -0.4 is 13.6 Å². The molecule has 0 aromatic heterocycles. The number of hydrogen-bond acceptors (Lipinski definition) is 4. The van der Waals surface area contributed by atoms with Gasteiger partial charge in [0, 0.05) is 0 Å². The van der Waals surface area contributed by atoms with E-state index < -0.39 is 7.82 Å². The van der Waals surface area contributed by atoms with Gasteiger partial charge >= 0.3 is 7.82 Å². The Labute approximate surface area is 364 Å². The van der Waals surface area contributed by atoms with Crippen LogP contribution >= 0.6 is 7.82 Å². The molecule has 3 aromatic rings. The monoisotopic (exact) mass is 831 g/mol. The van der Waals surface area contributed by atoms with E-state index in [4.69, 9.17) is 13.6 Å². The number of rotatable bonds is 39. The zero-order valence-electron chi connectivity index (χ0n) is 38.3. The molecule has 0 aliphatic carbocycles. The average Bonchev–Trinajstić information content (AvgIpc) is 3.24. The lowest BCUT2D eigenvalue weighted by atomic mass is 10.0. The lowest BCUT2D eigenvalue weighted by Gasteiger charge is -2.20. The molecule has 0 saturated carbocycles. The quantitative estimate of drug-likeness (QED) is 0.0424. The molecule has 0 aliphatic heterocycles. The molecule has 0 atom stereocenters. The van der Waals surface area contributed by atoms with Gasteiger partial charge in [-0.05, 0) is 91.6 Å². The Morgan fingerprint density at radius 1 is 0.288 bits per heavy atom. The third-order valence-electron chi connectivity index (χ3n) is 11.9. The van der Waals surface area contributed by atoms with Gasteiger partial charge < -0.3 is 13.6 Å². The highest BCUT2D eigenvalue weighted by Crippen LogP contribution is 2.50. The van der Waals surface area contributed by atoms with Gasteiger partial charge in [0.05, 0.1) is 0 Å². The lowest BCUT2D eigenvalue weighted by Crippen LogP contribution is -2.08. The van der Waals surface area contributed by atoms with Crippen LogP contribution in [0.3, 0.4) is 0 Å². The van der Waals surface area contributed by atoms with Gasteiger partial charge in [-0.15, -0.1) is 0 Å². The van der Waals surface area contributed by atoms with Crippen molar-refractivity contribution >= 4 is 7.82 Å². The van der Waals surface area contributed by atoms with Crippen molar-refractivity contribution in [1.29, 1.82) is 0 Å². The summed E-state index contributed by atoms with van der Waals surface area (Å²) in [5.74, 6) is 1.45. The standard InChI is InChI=1S/C54H87O4P/c1-4-7-10-13-16-19-22-25-28-31-34-49-37-43-52(44-38-49)56-59(55,57-53-45-39-50(40-46-53)35-32-29-26-23-20-17-14-11-8-5-2)58-54-47-41-51(42-48-54)36-33-30-27-24-21-18-15-12-9-6-3/h37-48H,4-36H2,1-3H3. The first-order valence-corrected chi connectivity index (χ1v) is 26.4. The van der Waals surface area contributed by atoms with Crippen LogP contribution in [0.1, 0.15) is 230 Å². The van der Waals surface area contributed by atoms with E-state index in [1.807, 2.05) is 36.4 Å². The van der Waals surface area contributed by atoms with Crippen LogP contribution in [0.2, 0.25) is 0 Å². The predicted octanol–water partition coefficient (Wildman–Crippen LogP) is 18.7. The minimum atomic E-state index is -4.07. The zero-order valence-corrected chi connectivity index (χ0v) is 39.2. The number of phosphoric ester groups is 1. The minimum absolute atomic E-state index is 0.482. The maximum absolute atomic E-state index is 14.4. The maximum atomic E-state index is 14.4. The second kappa shape index (κ2) is 33.9. The maximum Gasteiger partial charge on any atom is 0.647 e. The van der Waals surface area contributed by atoms with E-state index in [-0.39, 0.29) is 0 Å². The van der Waals surface area contributed by atoms with Crippen molar-refractivity contribution in [1.82, 2.24) is 0 Å². The fourth-order valence-corrected chi connectivity index (χ4v) is 9.30. The molecule has 0 bridgehead atoms. The molecule has 0 amide bonds. The first kappa shape index (κ1) is 50.6. The van der Waals surface area contributed by atoms with Gasteiger partial charge in [0.1, 0.15) is 17.2 Å². The summed E-state index contributed by atoms with van der Waals surface area (Å²) in [5.41, 5.74) is 3.80. The van der Waals surface area contributed by atoms with E-state index in [1.54, 1.807) is 0 Å². The Morgan fingerprint density at radius 2 is 0.475 bits per heavy atom. The third-order valence-corrected chi connectivity index (χ3v) is 13.2. The molecular weight excluding hydrogens is 744 g/mol. The van der Waals surface area contributed by atoms with Crippen molar-refractivity contribution in [2.45, 2.75) is 233 Å². The van der Waals surface area contributed by atoms with E-state index in [9.17, 15) is 4.57 Å². The van der Waals surface area contributed by atoms with Crippen LogP contribution in [0.15, 0.2) is 72.8 Å². The van der Waals surface area contributed by atoms with E-state index in [0.29, 0.717) is 17.2 Å². The first-order chi connectivity index (χ1) is 29.0. The summed E-state index contributed by atoms with van der Waals surface area (Å²) in [4.78, 5) is 0. The van der Waals surface area contributed by atoms with E-state index >= 15 is 0 Å². The molecule has 4 nitrogen and oxygen atoms in total. The van der Waals surface area contributed by atoms with Crippen molar-refractivity contribution in [3.05, 3.63) is 89.5 Å². The summed E-state index contributed by atoms with van der Waals surface area (Å²) >= 11 is 0. The van der Waals surface area contributed by atoms with Crippen molar-refractivity contribution in [2.75, 3.05) is 0 Å². The second-order valence-electron chi connectivity index (χ2n) is 17.4. The Bertz CT molecular complexity index is 1260. The molecule has 59 heavy (non-hydrogen) atoms. The first-order valence-electron chi connectivity index (χ1n) is 25.0. The number of hydrogen-bond donors (Lipinski definition) is 0. The number of aryl methyl sites for hydroxylation is 3. The Kier molecular flexibility index (Phi) is 29.1. The second-order valence-corrected chi connectivity index (χ2v) is 18.9. The smallest absolute Gasteiger partial charge is 0.386 e. The highest BCUT2D eigenvalue weighted by Gasteiger charge is 2.33. The molecule has 3 rings (SSSR count). The predicted molar refractivity (Wildman–Crippen MR) is 255 cm³/mol. The summed E-state index contributed by atoms with van der Waals surface area (Å²) in [5, 5.41) is 0. The average molecular weight is 831 g/mol. The van der Waals surface area contributed by atoms with Crippen LogP contribution in [-0.4, -0.2) is 0 Å². The summed E-state index contributed by atoms with van der Waals surface area (Å²) in [6.07, 6.45) is 43.1. The Morgan fingerprint density at radius 3 is 0.678 bits per heavy atom. The zero-order chi connectivity index (χ0) is 41.9. The van der Waals surface area contributed by atoms with Crippen LogP contribution in [-0.2, 0) is 23.8 Å². The van der Waals surface area contributed by atoms with Crippen molar-refractivity contribution in [2.24, 2.45) is 0 Å². The molecule has 0 fully saturated rings. The van der Waals surface area contributed by atoms with Crippen LogP contribution in [0, 0.1) is 0 Å². The number of unbranched alkanes of at least 4 members (excludes halogenated alkanes) is 27. The number of benzene rings is 3. The topological polar surface area (TPSA) is 44.8 Å². The van der Waals surface area contributed by atoms with Crippen LogP contribution in [0.25, 0.3) is 0 Å². The van der Waals surface area contributed by atoms with E-state index in [0.717, 1.165) is 19.3 Å². The fraction of sp³-hybridized carbons (Fsp3) is 0.667. The van der Waals surface area contributed by atoms with Crippen molar-refractivity contribution < 1.29 is 18.1 Å². The SMILES string of the molecule is CCCCCCCCCCCCc1ccc(OP(=O)(Oc2ccc(CCCCCCCCCCCC)cc2)Oc2ccc(CCCCCCCCCCCC)cc2)cc1. The molecule has 0 aliphatic rings. The van der Waals surface area contributed by atoms with Gasteiger partial charge in [-0.3, -0.25) is 0 Å². The molecule has 0 radical (unpaired) electrons. The third kappa shape index (κ3) is 25.6. The van der Waals surface area contributed by atoms with Crippen molar-refractivity contribution in [3.8, 4) is 17.2 Å². The Balaban J connectivity index is 1.50. The number of phosphoric acid groups is 1. The fourth-order valence-electron chi connectivity index (χ4n) is 8.04. The lowest BCUT2D eigenvalue weighted by molar-refractivity contribution is 0.298. The van der Waals surface area contributed by atoms with E-state index in [2.05, 4.69) is 57.2 Å². The van der Waals surface area contributed by atoms with Gasteiger partial charge in [0.25, 0.3) is 0 Å². The largest absolute Gasteiger partial charge is 0.647 e. The normalized spacial score (nSPS) is 11.6. The van der Waals surface area contributed by atoms with Crippen LogP contribution in [0.4, 0.5) is 0 Å². The molecule has 0 unspecified atom stereocenters. The molecule has 0 saturated heterocycles. The van der Waals surface area contributed by atoms with Gasteiger partial charge in [-0.1, -0.05) is 231 Å².